The smallest absolute Gasteiger partial charge is 0.254 e. The molecule has 100 valence electrons. The topological polar surface area (TPSA) is 71.5 Å². The molecule has 1 aromatic heterocycles. The summed E-state index contributed by atoms with van der Waals surface area (Å²) in [6.45, 7) is 1.90. The van der Waals surface area contributed by atoms with E-state index in [4.69, 9.17) is 4.74 Å². The summed E-state index contributed by atoms with van der Waals surface area (Å²) in [6.07, 6.45) is 3.50. The molecule has 0 saturated carbocycles. The molecule has 1 rings (SSSR count). The molecule has 6 heteroatoms. The standard InChI is InChI=1S/C12H18N2O3S/c1-12(16,8-17-2)7-14-10(15)9-5-4-6-13-11(9)18-3/h4-6,16H,7-8H2,1-3H3,(H,14,15). The first kappa shape index (κ1) is 14.9. The van der Waals surface area contributed by atoms with E-state index in [1.54, 1.807) is 25.3 Å². The molecule has 1 amide bonds. The molecule has 0 aliphatic carbocycles. The quantitative estimate of drug-likeness (QED) is 0.752. The summed E-state index contributed by atoms with van der Waals surface area (Å²) in [5.74, 6) is -0.246. The van der Waals surface area contributed by atoms with Gasteiger partial charge < -0.3 is 15.2 Å². The fourth-order valence-electron chi connectivity index (χ4n) is 1.45. The van der Waals surface area contributed by atoms with Crippen LogP contribution >= 0.6 is 11.8 Å². The molecule has 0 radical (unpaired) electrons. The van der Waals surface area contributed by atoms with E-state index in [-0.39, 0.29) is 19.1 Å². The summed E-state index contributed by atoms with van der Waals surface area (Å²) in [5, 5.41) is 13.2. The first-order valence-corrected chi connectivity index (χ1v) is 6.71. The third kappa shape index (κ3) is 4.29. The van der Waals surface area contributed by atoms with E-state index >= 15 is 0 Å². The Bertz CT molecular complexity index is 410. The van der Waals surface area contributed by atoms with E-state index in [9.17, 15) is 9.90 Å². The summed E-state index contributed by atoms with van der Waals surface area (Å²) in [4.78, 5) is 16.1. The van der Waals surface area contributed by atoms with Crippen molar-refractivity contribution in [1.29, 1.82) is 0 Å². The lowest BCUT2D eigenvalue weighted by atomic mass is 10.1. The number of hydrogen-bond donors (Lipinski definition) is 2. The van der Waals surface area contributed by atoms with Gasteiger partial charge >= 0.3 is 0 Å². The fraction of sp³-hybridized carbons (Fsp3) is 0.500. The van der Waals surface area contributed by atoms with Gasteiger partial charge in [-0.15, -0.1) is 11.8 Å². The van der Waals surface area contributed by atoms with Gasteiger partial charge in [0.2, 0.25) is 0 Å². The van der Waals surface area contributed by atoms with E-state index < -0.39 is 5.60 Å². The number of ether oxygens (including phenoxy) is 1. The normalized spacial score (nSPS) is 14.0. The van der Waals surface area contributed by atoms with E-state index in [1.807, 2.05) is 6.26 Å². The van der Waals surface area contributed by atoms with Gasteiger partial charge in [0.25, 0.3) is 5.91 Å². The average molecular weight is 270 g/mol. The lowest BCUT2D eigenvalue weighted by Crippen LogP contribution is -2.43. The Hall–Kier alpha value is -1.11. The highest BCUT2D eigenvalue weighted by Gasteiger charge is 2.22. The first-order chi connectivity index (χ1) is 8.50. The predicted molar refractivity (Wildman–Crippen MR) is 70.9 cm³/mol. The molecule has 1 unspecified atom stereocenters. The molecule has 2 N–H and O–H groups in total. The Labute approximate surface area is 111 Å². The van der Waals surface area contributed by atoms with Gasteiger partial charge in [0.05, 0.1) is 12.2 Å². The number of aliphatic hydroxyl groups is 1. The number of aromatic nitrogens is 1. The Balaban J connectivity index is 2.66. The molecule has 0 aliphatic rings. The summed E-state index contributed by atoms with van der Waals surface area (Å²) >= 11 is 1.41. The minimum Gasteiger partial charge on any atom is -0.386 e. The molecule has 0 aliphatic heterocycles. The second-order valence-electron chi connectivity index (χ2n) is 4.17. The van der Waals surface area contributed by atoms with Crippen LogP contribution in [-0.4, -0.2) is 48.1 Å². The number of carbonyl (C=O) groups is 1. The summed E-state index contributed by atoms with van der Waals surface area (Å²) in [5.41, 5.74) is -0.565. The van der Waals surface area contributed by atoms with Crippen molar-refractivity contribution in [3.05, 3.63) is 23.9 Å². The van der Waals surface area contributed by atoms with Crippen molar-refractivity contribution in [3.63, 3.8) is 0 Å². The van der Waals surface area contributed by atoms with Crippen molar-refractivity contribution in [1.82, 2.24) is 10.3 Å². The molecule has 0 spiro atoms. The van der Waals surface area contributed by atoms with Crippen LogP contribution in [0, 0.1) is 0 Å². The maximum atomic E-state index is 12.0. The van der Waals surface area contributed by atoms with E-state index in [0.29, 0.717) is 10.6 Å². The van der Waals surface area contributed by atoms with Gasteiger partial charge in [-0.05, 0) is 25.3 Å². The molecule has 0 saturated heterocycles. The van der Waals surface area contributed by atoms with Crippen molar-refractivity contribution < 1.29 is 14.6 Å². The average Bonchev–Trinajstić information content (AvgIpc) is 2.36. The van der Waals surface area contributed by atoms with Gasteiger partial charge in [0.1, 0.15) is 10.6 Å². The zero-order valence-electron chi connectivity index (χ0n) is 10.8. The van der Waals surface area contributed by atoms with Gasteiger partial charge in [-0.3, -0.25) is 4.79 Å². The summed E-state index contributed by atoms with van der Waals surface area (Å²) in [6, 6.07) is 3.42. The number of carbonyl (C=O) groups excluding carboxylic acids is 1. The largest absolute Gasteiger partial charge is 0.386 e. The zero-order valence-corrected chi connectivity index (χ0v) is 11.6. The highest BCUT2D eigenvalue weighted by Crippen LogP contribution is 2.16. The van der Waals surface area contributed by atoms with Crippen LogP contribution in [0.15, 0.2) is 23.4 Å². The molecule has 5 nitrogen and oxygen atoms in total. The molecule has 0 fully saturated rings. The Morgan fingerprint density at radius 2 is 2.39 bits per heavy atom. The minimum absolute atomic E-state index is 0.127. The van der Waals surface area contributed by atoms with Crippen molar-refractivity contribution in [2.45, 2.75) is 17.6 Å². The number of amides is 1. The van der Waals surface area contributed by atoms with Crippen LogP contribution in [0.5, 0.6) is 0 Å². The van der Waals surface area contributed by atoms with Gasteiger partial charge in [-0.1, -0.05) is 0 Å². The minimum atomic E-state index is -1.08. The Morgan fingerprint density at radius 1 is 1.67 bits per heavy atom. The maximum absolute atomic E-state index is 12.0. The fourth-order valence-corrected chi connectivity index (χ4v) is 2.00. The van der Waals surface area contributed by atoms with Crippen LogP contribution in [-0.2, 0) is 4.74 Å². The maximum Gasteiger partial charge on any atom is 0.254 e. The number of rotatable bonds is 6. The Morgan fingerprint density at radius 3 is 3.00 bits per heavy atom. The molecule has 1 heterocycles. The molecular weight excluding hydrogens is 252 g/mol. The monoisotopic (exact) mass is 270 g/mol. The number of hydrogen-bond acceptors (Lipinski definition) is 5. The van der Waals surface area contributed by atoms with Crippen molar-refractivity contribution in [2.75, 3.05) is 26.5 Å². The highest BCUT2D eigenvalue weighted by molar-refractivity contribution is 7.98. The number of thioether (sulfide) groups is 1. The predicted octanol–water partition coefficient (Wildman–Crippen LogP) is 0.931. The van der Waals surface area contributed by atoms with Crippen LogP contribution in [0.1, 0.15) is 17.3 Å². The molecule has 1 atom stereocenters. The number of nitrogens with zero attached hydrogens (tertiary/aromatic N) is 1. The number of pyridine rings is 1. The van der Waals surface area contributed by atoms with E-state index in [2.05, 4.69) is 10.3 Å². The summed E-state index contributed by atoms with van der Waals surface area (Å²) in [7, 11) is 1.50. The van der Waals surface area contributed by atoms with Gasteiger partial charge in [-0.2, -0.15) is 0 Å². The van der Waals surface area contributed by atoms with Crippen molar-refractivity contribution >= 4 is 17.7 Å². The molecular formula is C12H18N2O3S. The number of nitrogens with one attached hydrogen (secondary N) is 1. The SMILES string of the molecule is COCC(C)(O)CNC(=O)c1cccnc1SC. The zero-order chi connectivity index (χ0) is 13.6. The lowest BCUT2D eigenvalue weighted by Gasteiger charge is -2.22. The van der Waals surface area contributed by atoms with Gasteiger partial charge in [-0.25, -0.2) is 4.98 Å². The second-order valence-corrected chi connectivity index (χ2v) is 4.97. The lowest BCUT2D eigenvalue weighted by molar-refractivity contribution is -0.0147. The van der Waals surface area contributed by atoms with Gasteiger partial charge in [0.15, 0.2) is 0 Å². The van der Waals surface area contributed by atoms with Crippen LogP contribution < -0.4 is 5.32 Å². The second kappa shape index (κ2) is 6.72. The molecule has 18 heavy (non-hydrogen) atoms. The molecule has 1 aromatic rings. The first-order valence-electron chi connectivity index (χ1n) is 5.48. The van der Waals surface area contributed by atoms with Gasteiger partial charge in [0, 0.05) is 19.9 Å². The van der Waals surface area contributed by atoms with Crippen LogP contribution in [0.3, 0.4) is 0 Å². The third-order valence-corrected chi connectivity index (χ3v) is 3.01. The van der Waals surface area contributed by atoms with Crippen molar-refractivity contribution in [3.8, 4) is 0 Å². The Kier molecular flexibility index (Phi) is 5.58. The molecule has 0 bridgehead atoms. The summed E-state index contributed by atoms with van der Waals surface area (Å²) < 4.78 is 4.87. The van der Waals surface area contributed by atoms with E-state index in [1.165, 1.54) is 18.9 Å². The van der Waals surface area contributed by atoms with Crippen molar-refractivity contribution in [2.24, 2.45) is 0 Å². The van der Waals surface area contributed by atoms with E-state index in [0.717, 1.165) is 0 Å². The van der Waals surface area contributed by atoms with Crippen LogP contribution in [0.25, 0.3) is 0 Å². The third-order valence-electron chi connectivity index (χ3n) is 2.29. The van der Waals surface area contributed by atoms with Crippen LogP contribution in [0.2, 0.25) is 0 Å². The van der Waals surface area contributed by atoms with Crippen LogP contribution in [0.4, 0.5) is 0 Å². The highest BCUT2D eigenvalue weighted by atomic mass is 32.2. The number of methoxy groups -OCH3 is 1. The molecule has 0 aromatic carbocycles.